The van der Waals surface area contributed by atoms with Crippen molar-refractivity contribution >= 4 is 17.5 Å². The van der Waals surface area contributed by atoms with Crippen LogP contribution in [-0.4, -0.2) is 35.0 Å². The number of carbonyl (C=O) groups excluding carboxylic acids is 3. The molecule has 0 radical (unpaired) electrons. The number of carbonyl (C=O) groups is 3. The SMILES string of the molecule is CCCCCCOc1cccc2c1CN(C1CCC(=O)CCC1=O)C2=O. The third-order valence-corrected chi connectivity index (χ3v) is 5.30. The Bertz CT molecular complexity index is 697. The molecule has 0 spiro atoms. The molecule has 3 rings (SSSR count). The van der Waals surface area contributed by atoms with Crippen molar-refractivity contribution in [3.05, 3.63) is 29.3 Å². The van der Waals surface area contributed by atoms with Crippen LogP contribution in [-0.2, 0) is 16.1 Å². The van der Waals surface area contributed by atoms with E-state index in [-0.39, 0.29) is 23.9 Å². The quantitative estimate of drug-likeness (QED) is 0.551. The number of hydrogen-bond donors (Lipinski definition) is 0. The minimum absolute atomic E-state index is 0.000889. The van der Waals surface area contributed by atoms with E-state index in [4.69, 9.17) is 4.74 Å². The van der Waals surface area contributed by atoms with Crippen molar-refractivity contribution in [2.75, 3.05) is 6.61 Å². The Balaban J connectivity index is 1.71. The molecule has 1 aromatic carbocycles. The number of nitrogens with zero attached hydrogens (tertiary/aromatic N) is 1. The smallest absolute Gasteiger partial charge is 0.255 e. The van der Waals surface area contributed by atoms with Crippen LogP contribution in [0.1, 0.15) is 74.2 Å². The van der Waals surface area contributed by atoms with Crippen LogP contribution in [0.4, 0.5) is 0 Å². The van der Waals surface area contributed by atoms with Crippen LogP contribution >= 0.6 is 0 Å². The van der Waals surface area contributed by atoms with Crippen molar-refractivity contribution in [2.45, 2.75) is 70.9 Å². The third-order valence-electron chi connectivity index (χ3n) is 5.30. The maximum Gasteiger partial charge on any atom is 0.255 e. The highest BCUT2D eigenvalue weighted by atomic mass is 16.5. The molecule has 5 nitrogen and oxygen atoms in total. The molecule has 5 heteroatoms. The fraction of sp³-hybridized carbons (Fsp3) is 0.571. The molecule has 2 aliphatic rings. The summed E-state index contributed by atoms with van der Waals surface area (Å²) in [6.45, 7) is 3.21. The number of hydrogen-bond acceptors (Lipinski definition) is 4. The first kappa shape index (κ1) is 18.6. The summed E-state index contributed by atoms with van der Waals surface area (Å²) in [6.07, 6.45) is 5.87. The van der Waals surface area contributed by atoms with Crippen LogP contribution < -0.4 is 4.74 Å². The van der Waals surface area contributed by atoms with Crippen molar-refractivity contribution < 1.29 is 19.1 Å². The summed E-state index contributed by atoms with van der Waals surface area (Å²) in [5.74, 6) is 0.733. The maximum atomic E-state index is 12.8. The number of amides is 1. The molecule has 26 heavy (non-hydrogen) atoms. The molecular weight excluding hydrogens is 330 g/mol. The molecule has 0 bridgehead atoms. The van der Waals surface area contributed by atoms with Gasteiger partial charge in [-0.25, -0.2) is 0 Å². The van der Waals surface area contributed by atoms with E-state index in [2.05, 4.69) is 6.92 Å². The van der Waals surface area contributed by atoms with Gasteiger partial charge in [0.25, 0.3) is 5.91 Å². The molecule has 1 amide bonds. The Morgan fingerprint density at radius 2 is 1.92 bits per heavy atom. The average Bonchev–Trinajstić information content (AvgIpc) is 2.87. The first-order valence-corrected chi connectivity index (χ1v) is 9.72. The largest absolute Gasteiger partial charge is 0.493 e. The van der Waals surface area contributed by atoms with E-state index in [9.17, 15) is 14.4 Å². The molecule has 0 saturated heterocycles. The van der Waals surface area contributed by atoms with Gasteiger partial charge in [0.1, 0.15) is 11.5 Å². The molecule has 0 N–H and O–H groups in total. The second-order valence-electron chi connectivity index (χ2n) is 7.18. The van der Waals surface area contributed by atoms with Crippen LogP contribution in [0.25, 0.3) is 0 Å². The van der Waals surface area contributed by atoms with E-state index in [0.29, 0.717) is 38.0 Å². The van der Waals surface area contributed by atoms with E-state index in [1.807, 2.05) is 12.1 Å². The van der Waals surface area contributed by atoms with Crippen molar-refractivity contribution in [3.8, 4) is 5.75 Å². The summed E-state index contributed by atoms with van der Waals surface area (Å²) < 4.78 is 5.93. The molecular formula is C21H27NO4. The number of benzene rings is 1. The van der Waals surface area contributed by atoms with Gasteiger partial charge in [0.2, 0.25) is 0 Å². The highest BCUT2D eigenvalue weighted by Crippen LogP contribution is 2.34. The minimum Gasteiger partial charge on any atom is -0.493 e. The van der Waals surface area contributed by atoms with Gasteiger partial charge in [-0.3, -0.25) is 14.4 Å². The normalized spacial score (nSPS) is 20.3. The lowest BCUT2D eigenvalue weighted by atomic mass is 10.1. The lowest BCUT2D eigenvalue weighted by Crippen LogP contribution is -2.40. The topological polar surface area (TPSA) is 63.7 Å². The van der Waals surface area contributed by atoms with Crippen molar-refractivity contribution in [3.63, 3.8) is 0 Å². The van der Waals surface area contributed by atoms with E-state index < -0.39 is 6.04 Å². The first-order chi connectivity index (χ1) is 12.6. The second-order valence-corrected chi connectivity index (χ2v) is 7.18. The van der Waals surface area contributed by atoms with Gasteiger partial charge in [0.05, 0.1) is 19.2 Å². The second kappa shape index (κ2) is 8.47. The lowest BCUT2D eigenvalue weighted by Gasteiger charge is -2.25. The third kappa shape index (κ3) is 3.97. The van der Waals surface area contributed by atoms with Crippen molar-refractivity contribution in [1.29, 1.82) is 0 Å². The average molecular weight is 357 g/mol. The summed E-state index contributed by atoms with van der Waals surface area (Å²) in [6, 6.07) is 5.04. The fourth-order valence-electron chi connectivity index (χ4n) is 3.77. The van der Waals surface area contributed by atoms with E-state index in [1.165, 1.54) is 12.8 Å². The molecule has 1 fully saturated rings. The van der Waals surface area contributed by atoms with E-state index >= 15 is 0 Å². The van der Waals surface area contributed by atoms with Gasteiger partial charge in [-0.1, -0.05) is 32.3 Å². The molecule has 1 saturated carbocycles. The van der Waals surface area contributed by atoms with Gasteiger partial charge < -0.3 is 9.64 Å². The molecule has 1 unspecified atom stereocenters. The molecule has 0 aromatic heterocycles. The summed E-state index contributed by atoms with van der Waals surface area (Å²) in [5.41, 5.74) is 1.50. The van der Waals surface area contributed by atoms with Crippen LogP contribution in [0.2, 0.25) is 0 Å². The molecule has 1 aliphatic carbocycles. The minimum atomic E-state index is -0.487. The standard InChI is InChI=1S/C21H27NO4/c1-2-3-4-5-13-26-20-8-6-7-16-17(20)14-22(21(16)25)18-11-9-15(23)10-12-19(18)24/h6-8,18H,2-5,9-14H2,1H3. The van der Waals surface area contributed by atoms with Crippen molar-refractivity contribution in [2.24, 2.45) is 0 Å². The highest BCUT2D eigenvalue weighted by Gasteiger charge is 2.38. The van der Waals surface area contributed by atoms with Crippen LogP contribution in [0.15, 0.2) is 18.2 Å². The van der Waals surface area contributed by atoms with Gasteiger partial charge in [0.15, 0.2) is 5.78 Å². The zero-order valence-electron chi connectivity index (χ0n) is 15.5. The summed E-state index contributed by atoms with van der Waals surface area (Å²) in [4.78, 5) is 38.6. The summed E-state index contributed by atoms with van der Waals surface area (Å²) >= 11 is 0. The molecule has 1 aliphatic heterocycles. The zero-order chi connectivity index (χ0) is 18.5. The molecule has 1 atom stereocenters. The number of fused-ring (bicyclic) bond motifs is 1. The Morgan fingerprint density at radius 3 is 2.73 bits per heavy atom. The fourth-order valence-corrected chi connectivity index (χ4v) is 3.77. The first-order valence-electron chi connectivity index (χ1n) is 9.72. The van der Waals surface area contributed by atoms with E-state index in [0.717, 1.165) is 24.2 Å². The number of Topliss-reactive ketones (excluding diaryl/α,β-unsaturated/α-hetero) is 2. The van der Waals surface area contributed by atoms with Crippen LogP contribution in [0, 0.1) is 0 Å². The predicted octanol–water partition coefficient (Wildman–Crippen LogP) is 3.68. The predicted molar refractivity (Wildman–Crippen MR) is 98.2 cm³/mol. The molecule has 1 heterocycles. The lowest BCUT2D eigenvalue weighted by molar-refractivity contribution is -0.124. The Kier molecular flexibility index (Phi) is 6.07. The number of rotatable bonds is 7. The Hall–Kier alpha value is -2.17. The van der Waals surface area contributed by atoms with E-state index in [1.54, 1.807) is 11.0 Å². The van der Waals surface area contributed by atoms with Gasteiger partial charge in [-0.15, -0.1) is 0 Å². The monoisotopic (exact) mass is 357 g/mol. The maximum absolute atomic E-state index is 12.8. The molecule has 140 valence electrons. The molecule has 1 aromatic rings. The number of ether oxygens (including phenoxy) is 1. The van der Waals surface area contributed by atoms with Gasteiger partial charge >= 0.3 is 0 Å². The number of unbranched alkanes of at least 4 members (excludes halogenated alkanes) is 3. The van der Waals surface area contributed by atoms with Gasteiger partial charge in [0, 0.05) is 30.4 Å². The number of ketones is 2. The zero-order valence-corrected chi connectivity index (χ0v) is 15.5. The summed E-state index contributed by atoms with van der Waals surface area (Å²) in [5, 5.41) is 0. The van der Waals surface area contributed by atoms with Gasteiger partial charge in [-0.2, -0.15) is 0 Å². The van der Waals surface area contributed by atoms with Crippen molar-refractivity contribution in [1.82, 2.24) is 4.90 Å². The van der Waals surface area contributed by atoms with Crippen LogP contribution in [0.3, 0.4) is 0 Å². The highest BCUT2D eigenvalue weighted by molar-refractivity contribution is 6.02. The summed E-state index contributed by atoms with van der Waals surface area (Å²) in [7, 11) is 0. The Morgan fingerprint density at radius 1 is 1.08 bits per heavy atom. The van der Waals surface area contributed by atoms with Gasteiger partial charge in [-0.05, 0) is 25.0 Å². The Labute approximate surface area is 154 Å². The van der Waals surface area contributed by atoms with Crippen LogP contribution in [0.5, 0.6) is 5.75 Å².